The van der Waals surface area contributed by atoms with Crippen LogP contribution in [-0.4, -0.2) is 7.05 Å². The minimum atomic E-state index is 0.295. The molecular formula is C15H21N. The predicted molar refractivity (Wildman–Crippen MR) is 67.4 cm³/mol. The first kappa shape index (κ1) is 10.3. The van der Waals surface area contributed by atoms with Crippen molar-refractivity contribution in [3.8, 4) is 0 Å². The lowest BCUT2D eigenvalue weighted by molar-refractivity contribution is 0.135. The second kappa shape index (κ2) is 3.59. The van der Waals surface area contributed by atoms with Crippen molar-refractivity contribution in [2.24, 2.45) is 11.8 Å². The first-order valence-electron chi connectivity index (χ1n) is 6.53. The van der Waals surface area contributed by atoms with Gasteiger partial charge in [0.05, 0.1) is 0 Å². The number of fused-ring (bicyclic) bond motifs is 3. The highest BCUT2D eigenvalue weighted by Gasteiger charge is 2.47. The first-order chi connectivity index (χ1) is 7.76. The van der Waals surface area contributed by atoms with E-state index in [1.165, 1.54) is 25.7 Å². The van der Waals surface area contributed by atoms with E-state index in [-0.39, 0.29) is 0 Å². The van der Waals surface area contributed by atoms with E-state index in [9.17, 15) is 0 Å². The fraction of sp³-hybridized carbons (Fsp3) is 0.600. The van der Waals surface area contributed by atoms with Crippen LogP contribution in [0.3, 0.4) is 0 Å². The molecule has 1 aromatic carbocycles. The van der Waals surface area contributed by atoms with Crippen molar-refractivity contribution in [3.63, 3.8) is 0 Å². The highest BCUT2D eigenvalue weighted by atomic mass is 15.0. The maximum atomic E-state index is 3.66. The minimum Gasteiger partial charge on any atom is -0.310 e. The molecule has 3 atom stereocenters. The summed E-state index contributed by atoms with van der Waals surface area (Å²) in [6.45, 7) is 2.41. The SMILES string of the molecule is CN[C@@]12CCC(C)C[C@@H]1Cc1ccccc12. The molecule has 86 valence electrons. The Morgan fingerprint density at radius 1 is 1.31 bits per heavy atom. The summed E-state index contributed by atoms with van der Waals surface area (Å²) in [6.07, 6.45) is 5.34. The van der Waals surface area contributed by atoms with Crippen LogP contribution >= 0.6 is 0 Å². The summed E-state index contributed by atoms with van der Waals surface area (Å²) in [6, 6.07) is 9.03. The maximum absolute atomic E-state index is 3.66. The number of hydrogen-bond donors (Lipinski definition) is 1. The van der Waals surface area contributed by atoms with Crippen LogP contribution < -0.4 is 5.32 Å². The number of hydrogen-bond acceptors (Lipinski definition) is 1. The molecule has 1 nitrogen and oxygen atoms in total. The lowest BCUT2D eigenvalue weighted by atomic mass is 9.69. The molecule has 0 saturated heterocycles. The van der Waals surface area contributed by atoms with Crippen molar-refractivity contribution in [2.75, 3.05) is 7.05 Å². The van der Waals surface area contributed by atoms with Crippen molar-refractivity contribution in [2.45, 2.75) is 38.1 Å². The minimum absolute atomic E-state index is 0.295. The molecule has 3 rings (SSSR count). The highest BCUT2D eigenvalue weighted by Crippen LogP contribution is 2.50. The Hall–Kier alpha value is -0.820. The van der Waals surface area contributed by atoms with Gasteiger partial charge in [0.1, 0.15) is 0 Å². The van der Waals surface area contributed by atoms with Gasteiger partial charge >= 0.3 is 0 Å². The van der Waals surface area contributed by atoms with Crippen molar-refractivity contribution >= 4 is 0 Å². The second-order valence-corrected chi connectivity index (χ2v) is 5.66. The molecule has 0 heterocycles. The lowest BCUT2D eigenvalue weighted by Crippen LogP contribution is -2.47. The molecule has 0 amide bonds. The van der Waals surface area contributed by atoms with Crippen LogP contribution in [0.4, 0.5) is 0 Å². The van der Waals surface area contributed by atoms with Crippen LogP contribution in [0.25, 0.3) is 0 Å². The van der Waals surface area contributed by atoms with Gasteiger partial charge in [-0.3, -0.25) is 0 Å². The standard InChI is InChI=1S/C15H21N/c1-11-7-8-15(16-2)13(9-11)10-12-5-3-4-6-14(12)15/h3-6,11,13,16H,7-10H2,1-2H3/t11?,13-,15+/m1/s1. The van der Waals surface area contributed by atoms with Crippen LogP contribution in [0.1, 0.15) is 37.3 Å². The van der Waals surface area contributed by atoms with Crippen LogP contribution in [-0.2, 0) is 12.0 Å². The quantitative estimate of drug-likeness (QED) is 0.759. The van der Waals surface area contributed by atoms with Gasteiger partial charge < -0.3 is 5.32 Å². The van der Waals surface area contributed by atoms with Gasteiger partial charge in [-0.1, -0.05) is 31.2 Å². The molecule has 2 aliphatic carbocycles. The van der Waals surface area contributed by atoms with E-state index in [1.807, 2.05) is 0 Å². The van der Waals surface area contributed by atoms with E-state index >= 15 is 0 Å². The van der Waals surface area contributed by atoms with Gasteiger partial charge in [-0.05, 0) is 55.7 Å². The number of nitrogens with one attached hydrogen (secondary N) is 1. The zero-order chi connectivity index (χ0) is 11.2. The summed E-state index contributed by atoms with van der Waals surface area (Å²) in [5.41, 5.74) is 3.45. The highest BCUT2D eigenvalue weighted by molar-refractivity contribution is 5.40. The van der Waals surface area contributed by atoms with Crippen LogP contribution in [0.2, 0.25) is 0 Å². The van der Waals surface area contributed by atoms with E-state index < -0.39 is 0 Å². The van der Waals surface area contributed by atoms with Gasteiger partial charge in [0.2, 0.25) is 0 Å². The Bertz CT molecular complexity index is 398. The van der Waals surface area contributed by atoms with Crippen molar-refractivity contribution in [1.29, 1.82) is 0 Å². The number of benzene rings is 1. The average molecular weight is 215 g/mol. The van der Waals surface area contributed by atoms with E-state index in [2.05, 4.69) is 43.6 Å². The van der Waals surface area contributed by atoms with Crippen LogP contribution in [0, 0.1) is 11.8 Å². The van der Waals surface area contributed by atoms with Crippen molar-refractivity contribution < 1.29 is 0 Å². The molecule has 2 aliphatic rings. The summed E-state index contributed by atoms with van der Waals surface area (Å²) < 4.78 is 0. The Morgan fingerprint density at radius 2 is 2.12 bits per heavy atom. The molecular weight excluding hydrogens is 194 g/mol. The van der Waals surface area contributed by atoms with E-state index in [1.54, 1.807) is 11.1 Å². The van der Waals surface area contributed by atoms with Crippen molar-refractivity contribution in [3.05, 3.63) is 35.4 Å². The van der Waals surface area contributed by atoms with Gasteiger partial charge in [-0.25, -0.2) is 0 Å². The average Bonchev–Trinajstić information content (AvgIpc) is 2.63. The third-order valence-corrected chi connectivity index (χ3v) is 4.83. The summed E-state index contributed by atoms with van der Waals surface area (Å²) >= 11 is 0. The third kappa shape index (κ3) is 1.27. The molecule has 0 bridgehead atoms. The summed E-state index contributed by atoms with van der Waals surface area (Å²) in [5.74, 6) is 1.72. The molecule has 1 unspecified atom stereocenters. The monoisotopic (exact) mass is 215 g/mol. The van der Waals surface area contributed by atoms with Gasteiger partial charge in [0.15, 0.2) is 0 Å². The van der Waals surface area contributed by atoms with Gasteiger partial charge in [-0.15, -0.1) is 0 Å². The second-order valence-electron chi connectivity index (χ2n) is 5.66. The largest absolute Gasteiger partial charge is 0.310 e. The van der Waals surface area contributed by atoms with Gasteiger partial charge in [0.25, 0.3) is 0 Å². The molecule has 0 aromatic heterocycles. The summed E-state index contributed by atoms with van der Waals surface area (Å²) in [5, 5.41) is 3.66. The van der Waals surface area contributed by atoms with Gasteiger partial charge in [0, 0.05) is 5.54 Å². The molecule has 1 fully saturated rings. The Labute approximate surface area is 98.3 Å². The molecule has 1 saturated carbocycles. The fourth-order valence-electron chi connectivity index (χ4n) is 3.96. The molecule has 16 heavy (non-hydrogen) atoms. The summed E-state index contributed by atoms with van der Waals surface area (Å²) in [7, 11) is 2.14. The molecule has 1 aromatic rings. The predicted octanol–water partition coefficient (Wildman–Crippen LogP) is 3.09. The number of rotatable bonds is 1. The van der Waals surface area contributed by atoms with E-state index in [4.69, 9.17) is 0 Å². The summed E-state index contributed by atoms with van der Waals surface area (Å²) in [4.78, 5) is 0. The van der Waals surface area contributed by atoms with Crippen LogP contribution in [0.5, 0.6) is 0 Å². The normalized spacial score (nSPS) is 36.9. The molecule has 0 radical (unpaired) electrons. The van der Waals surface area contributed by atoms with Crippen molar-refractivity contribution in [1.82, 2.24) is 5.32 Å². The molecule has 1 N–H and O–H groups in total. The molecule has 0 aliphatic heterocycles. The Kier molecular flexibility index (Phi) is 2.32. The topological polar surface area (TPSA) is 12.0 Å². The zero-order valence-electron chi connectivity index (χ0n) is 10.3. The zero-order valence-corrected chi connectivity index (χ0v) is 10.3. The molecule has 1 heteroatoms. The fourth-order valence-corrected chi connectivity index (χ4v) is 3.96. The Morgan fingerprint density at radius 3 is 2.94 bits per heavy atom. The lowest BCUT2D eigenvalue weighted by Gasteiger charge is -2.42. The third-order valence-electron chi connectivity index (χ3n) is 4.83. The molecule has 0 spiro atoms. The van der Waals surface area contributed by atoms with E-state index in [0.717, 1.165) is 11.8 Å². The van der Waals surface area contributed by atoms with E-state index in [0.29, 0.717) is 5.54 Å². The smallest absolute Gasteiger partial charge is 0.0466 e. The Balaban J connectivity index is 2.06. The van der Waals surface area contributed by atoms with Gasteiger partial charge in [-0.2, -0.15) is 0 Å². The maximum Gasteiger partial charge on any atom is 0.0466 e. The van der Waals surface area contributed by atoms with Crippen LogP contribution in [0.15, 0.2) is 24.3 Å². The first-order valence-corrected chi connectivity index (χ1v) is 6.53.